The zero-order chi connectivity index (χ0) is 19.2. The Balaban J connectivity index is 1.69. The van der Waals surface area contributed by atoms with Crippen LogP contribution in [0.1, 0.15) is 26.9 Å². The molecule has 0 radical (unpaired) electrons. The third-order valence-corrected chi connectivity index (χ3v) is 6.92. The van der Waals surface area contributed by atoms with Crippen LogP contribution in [0.3, 0.4) is 0 Å². The van der Waals surface area contributed by atoms with Crippen LogP contribution in [0.2, 0.25) is 0 Å². The number of anilines is 1. The van der Waals surface area contributed by atoms with E-state index in [4.69, 9.17) is 4.74 Å². The number of halogens is 2. The summed E-state index contributed by atoms with van der Waals surface area (Å²) >= 11 is 3.84. The first kappa shape index (κ1) is 19.8. The molecule has 1 amide bonds. The Hall–Kier alpha value is -1.93. The number of nitrogens with one attached hydrogen (secondary N) is 1. The molecular weight excluding hydrogens is 392 g/mol. The quantitative estimate of drug-likeness (QED) is 0.688. The van der Waals surface area contributed by atoms with Gasteiger partial charge in [-0.2, -0.15) is 8.78 Å². The number of benzene rings is 2. The van der Waals surface area contributed by atoms with Crippen molar-refractivity contribution in [3.8, 4) is 11.5 Å². The average molecular weight is 411 g/mol. The van der Waals surface area contributed by atoms with Gasteiger partial charge in [0.1, 0.15) is 0 Å². The maximum absolute atomic E-state index is 12.5. The lowest BCUT2D eigenvalue weighted by Gasteiger charge is -2.21. The molecule has 27 heavy (non-hydrogen) atoms. The zero-order valence-corrected chi connectivity index (χ0v) is 16.2. The molecule has 3 rings (SSSR count). The van der Waals surface area contributed by atoms with Gasteiger partial charge in [-0.25, -0.2) is 0 Å². The summed E-state index contributed by atoms with van der Waals surface area (Å²) in [5, 5.41) is 2.69. The highest BCUT2D eigenvalue weighted by molar-refractivity contribution is 8.16. The number of ether oxygens (including phenoxy) is 2. The van der Waals surface area contributed by atoms with Gasteiger partial charge >= 0.3 is 6.61 Å². The fourth-order valence-corrected chi connectivity index (χ4v) is 5.51. The number of alkyl halides is 2. The van der Waals surface area contributed by atoms with Crippen LogP contribution in [0.5, 0.6) is 11.5 Å². The largest absolute Gasteiger partial charge is 0.493 e. The van der Waals surface area contributed by atoms with E-state index < -0.39 is 6.61 Å². The molecule has 1 saturated heterocycles. The average Bonchev–Trinajstić information content (AvgIpc) is 2.68. The summed E-state index contributed by atoms with van der Waals surface area (Å²) in [7, 11) is 1.36. The first-order valence-corrected chi connectivity index (χ1v) is 10.4. The third-order valence-electron chi connectivity index (χ3n) is 3.91. The predicted octanol–water partition coefficient (Wildman–Crippen LogP) is 5.42. The second-order valence-electron chi connectivity index (χ2n) is 5.75. The Morgan fingerprint density at radius 1 is 1.11 bits per heavy atom. The molecule has 0 bridgehead atoms. The van der Waals surface area contributed by atoms with Crippen LogP contribution in [0, 0.1) is 0 Å². The van der Waals surface area contributed by atoms with E-state index in [2.05, 4.69) is 10.1 Å². The summed E-state index contributed by atoms with van der Waals surface area (Å²) in [6, 6.07) is 11.8. The number of carbonyl (C=O) groups is 1. The summed E-state index contributed by atoms with van der Waals surface area (Å²) in [6.07, 6.45) is 1.23. The van der Waals surface area contributed by atoms with Crippen molar-refractivity contribution < 1.29 is 23.0 Å². The summed E-state index contributed by atoms with van der Waals surface area (Å²) in [5.74, 6) is 2.02. The van der Waals surface area contributed by atoms with E-state index in [1.165, 1.54) is 31.2 Å². The molecule has 0 saturated carbocycles. The molecule has 1 fully saturated rings. The first-order valence-electron chi connectivity index (χ1n) is 8.34. The molecule has 8 heteroatoms. The number of hydrogen-bond acceptors (Lipinski definition) is 5. The second-order valence-corrected chi connectivity index (χ2v) is 8.47. The second kappa shape index (κ2) is 9.32. The van der Waals surface area contributed by atoms with E-state index in [1.807, 2.05) is 35.7 Å². The Kier molecular flexibility index (Phi) is 6.84. The van der Waals surface area contributed by atoms with Gasteiger partial charge < -0.3 is 14.8 Å². The Bertz CT molecular complexity index is 781. The predicted molar refractivity (Wildman–Crippen MR) is 106 cm³/mol. The molecule has 1 N–H and O–H groups in total. The van der Waals surface area contributed by atoms with Crippen molar-refractivity contribution in [3.63, 3.8) is 0 Å². The van der Waals surface area contributed by atoms with Crippen molar-refractivity contribution in [1.82, 2.24) is 0 Å². The first-order chi connectivity index (χ1) is 13.1. The highest BCUT2D eigenvalue weighted by atomic mass is 32.2. The van der Waals surface area contributed by atoms with E-state index in [9.17, 15) is 13.6 Å². The molecular formula is C19H19F2NO3S2. The molecule has 0 aliphatic carbocycles. The van der Waals surface area contributed by atoms with Crippen molar-refractivity contribution in [2.75, 3.05) is 23.9 Å². The fourth-order valence-electron chi connectivity index (χ4n) is 2.62. The molecule has 1 aliphatic rings. The maximum Gasteiger partial charge on any atom is 0.387 e. The lowest BCUT2D eigenvalue weighted by atomic mass is 10.1. The highest BCUT2D eigenvalue weighted by Gasteiger charge is 2.17. The number of carbonyl (C=O) groups excluding carboxylic acids is 1. The molecule has 2 aromatic carbocycles. The Labute approximate surface area is 165 Å². The standard InChI is InChI=1S/C19H19F2NO3S2/c1-24-15-8-7-14(11-16(15)25-19(20)21)22-17(23)12-3-5-13(6-4-12)18-26-9-2-10-27-18/h3-8,11,18-19H,2,9-10H2,1H3,(H,22,23). The van der Waals surface area contributed by atoms with Gasteiger partial charge in [-0.3, -0.25) is 4.79 Å². The SMILES string of the molecule is COc1ccc(NC(=O)c2ccc(C3SCCCS3)cc2)cc1OC(F)F. The monoisotopic (exact) mass is 411 g/mol. The minimum atomic E-state index is -2.98. The van der Waals surface area contributed by atoms with E-state index in [0.29, 0.717) is 15.8 Å². The fraction of sp³-hybridized carbons (Fsp3) is 0.316. The summed E-state index contributed by atoms with van der Waals surface area (Å²) in [6.45, 7) is -2.98. The zero-order valence-electron chi connectivity index (χ0n) is 14.6. The van der Waals surface area contributed by atoms with Crippen molar-refractivity contribution in [3.05, 3.63) is 53.6 Å². The van der Waals surface area contributed by atoms with Crippen molar-refractivity contribution in [1.29, 1.82) is 0 Å². The topological polar surface area (TPSA) is 47.6 Å². The van der Waals surface area contributed by atoms with Crippen LogP contribution >= 0.6 is 23.5 Å². The van der Waals surface area contributed by atoms with E-state index in [-0.39, 0.29) is 17.4 Å². The minimum Gasteiger partial charge on any atom is -0.493 e. The van der Waals surface area contributed by atoms with Crippen molar-refractivity contribution in [2.45, 2.75) is 17.6 Å². The van der Waals surface area contributed by atoms with Gasteiger partial charge in [-0.15, -0.1) is 23.5 Å². The van der Waals surface area contributed by atoms with Gasteiger partial charge in [-0.05, 0) is 47.8 Å². The number of amides is 1. The smallest absolute Gasteiger partial charge is 0.387 e. The molecule has 0 aromatic heterocycles. The third kappa shape index (κ3) is 5.29. The molecule has 1 aliphatic heterocycles. The van der Waals surface area contributed by atoms with Crippen LogP contribution in [0.15, 0.2) is 42.5 Å². The van der Waals surface area contributed by atoms with E-state index >= 15 is 0 Å². The lowest BCUT2D eigenvalue weighted by molar-refractivity contribution is -0.0511. The number of methoxy groups -OCH3 is 1. The molecule has 0 atom stereocenters. The maximum atomic E-state index is 12.5. The van der Waals surface area contributed by atoms with Crippen LogP contribution < -0.4 is 14.8 Å². The number of thioether (sulfide) groups is 2. The molecule has 144 valence electrons. The summed E-state index contributed by atoms with van der Waals surface area (Å²) in [5.41, 5.74) is 2.04. The molecule has 0 unspecified atom stereocenters. The minimum absolute atomic E-state index is 0.132. The van der Waals surface area contributed by atoms with Gasteiger partial charge in [-0.1, -0.05) is 12.1 Å². The highest BCUT2D eigenvalue weighted by Crippen LogP contribution is 2.43. The van der Waals surface area contributed by atoms with Gasteiger partial charge in [0.05, 0.1) is 11.7 Å². The normalized spacial score (nSPS) is 14.8. The van der Waals surface area contributed by atoms with E-state index in [1.54, 1.807) is 18.2 Å². The van der Waals surface area contributed by atoms with Gasteiger partial charge in [0, 0.05) is 17.3 Å². The molecule has 2 aromatic rings. The van der Waals surface area contributed by atoms with Gasteiger partial charge in [0.25, 0.3) is 5.91 Å². The van der Waals surface area contributed by atoms with Crippen LogP contribution in [0.25, 0.3) is 0 Å². The van der Waals surface area contributed by atoms with Gasteiger partial charge in [0.2, 0.25) is 0 Å². The molecule has 4 nitrogen and oxygen atoms in total. The number of hydrogen-bond donors (Lipinski definition) is 1. The Morgan fingerprint density at radius 2 is 1.81 bits per heavy atom. The van der Waals surface area contributed by atoms with Crippen LogP contribution in [0.4, 0.5) is 14.5 Å². The molecule has 0 spiro atoms. The van der Waals surface area contributed by atoms with Crippen LogP contribution in [-0.4, -0.2) is 31.1 Å². The number of rotatable bonds is 6. The summed E-state index contributed by atoms with van der Waals surface area (Å²) in [4.78, 5) is 12.4. The summed E-state index contributed by atoms with van der Waals surface area (Å²) < 4.78 is 34.9. The van der Waals surface area contributed by atoms with Crippen molar-refractivity contribution in [2.24, 2.45) is 0 Å². The van der Waals surface area contributed by atoms with E-state index in [0.717, 1.165) is 11.5 Å². The van der Waals surface area contributed by atoms with Gasteiger partial charge in [0.15, 0.2) is 11.5 Å². The van der Waals surface area contributed by atoms with Crippen LogP contribution in [-0.2, 0) is 0 Å². The van der Waals surface area contributed by atoms with Crippen molar-refractivity contribution >= 4 is 35.1 Å². The molecule has 1 heterocycles. The Morgan fingerprint density at radius 3 is 2.44 bits per heavy atom. The lowest BCUT2D eigenvalue weighted by Crippen LogP contribution is -2.12.